The maximum absolute atomic E-state index is 2.39. The maximum atomic E-state index is 2.39. The number of allylic oxidation sites excluding steroid dienone is 5. The van der Waals surface area contributed by atoms with E-state index >= 15 is 0 Å². The van der Waals surface area contributed by atoms with Crippen LogP contribution in [-0.2, 0) is 0 Å². The molecule has 2 aromatic carbocycles. The summed E-state index contributed by atoms with van der Waals surface area (Å²) < 4.78 is 2.14. The SMILES string of the molecule is CCCCCCCCN(C)c1ccc(C(=C2C=CC(=[N+](C)C)C=C2)c2ccccc2)cc1. The molecule has 0 fully saturated rings. The highest BCUT2D eigenvalue weighted by molar-refractivity contribution is 6.03. The summed E-state index contributed by atoms with van der Waals surface area (Å²) in [5.41, 5.74) is 7.53. The van der Waals surface area contributed by atoms with Gasteiger partial charge in [0, 0.05) is 31.4 Å². The molecule has 0 aromatic heterocycles. The van der Waals surface area contributed by atoms with E-state index in [0.717, 1.165) is 6.54 Å². The van der Waals surface area contributed by atoms with Crippen molar-refractivity contribution in [3.8, 4) is 0 Å². The lowest BCUT2D eigenvalue weighted by atomic mass is 9.90. The summed E-state index contributed by atoms with van der Waals surface area (Å²) in [6, 6.07) is 19.8. The quantitative estimate of drug-likeness (QED) is 0.289. The van der Waals surface area contributed by atoms with Crippen LogP contribution >= 0.6 is 0 Å². The Hall–Kier alpha value is -2.87. The molecule has 0 saturated heterocycles. The van der Waals surface area contributed by atoms with Crippen LogP contribution in [-0.4, -0.2) is 38.0 Å². The molecule has 0 saturated carbocycles. The predicted molar refractivity (Wildman–Crippen MR) is 141 cm³/mol. The molecule has 0 radical (unpaired) electrons. The minimum Gasteiger partial charge on any atom is -0.375 e. The van der Waals surface area contributed by atoms with Gasteiger partial charge >= 0.3 is 0 Å². The lowest BCUT2D eigenvalue weighted by molar-refractivity contribution is -0.462. The van der Waals surface area contributed by atoms with Crippen LogP contribution in [0.4, 0.5) is 5.69 Å². The van der Waals surface area contributed by atoms with Crippen molar-refractivity contribution in [1.82, 2.24) is 0 Å². The standard InChI is InChI=1S/C30H39N2/c1-5-6-7-8-9-13-24-32(4)29-22-18-27(19-23-29)30(25-14-11-10-12-15-25)26-16-20-28(21-17-26)31(2)3/h10-12,14-23H,5-9,13,24H2,1-4H3/q+1. The average Bonchev–Trinajstić information content (AvgIpc) is 2.83. The molecule has 0 aliphatic heterocycles. The number of anilines is 1. The van der Waals surface area contributed by atoms with E-state index in [2.05, 4.69) is 116 Å². The summed E-state index contributed by atoms with van der Waals surface area (Å²) in [7, 11) is 6.37. The Labute approximate surface area is 195 Å². The predicted octanol–water partition coefficient (Wildman–Crippen LogP) is 7.12. The van der Waals surface area contributed by atoms with Crippen LogP contribution < -0.4 is 4.90 Å². The maximum Gasteiger partial charge on any atom is 0.199 e. The van der Waals surface area contributed by atoms with Crippen molar-refractivity contribution in [2.75, 3.05) is 32.6 Å². The van der Waals surface area contributed by atoms with Crippen LogP contribution in [0.3, 0.4) is 0 Å². The summed E-state index contributed by atoms with van der Waals surface area (Å²) in [6.45, 7) is 3.39. The summed E-state index contributed by atoms with van der Waals surface area (Å²) in [4.78, 5) is 2.39. The van der Waals surface area contributed by atoms with E-state index in [4.69, 9.17) is 0 Å². The fourth-order valence-electron chi connectivity index (χ4n) is 4.17. The molecule has 2 aromatic rings. The number of hydrogen-bond acceptors (Lipinski definition) is 1. The molecule has 32 heavy (non-hydrogen) atoms. The molecule has 0 unspecified atom stereocenters. The van der Waals surface area contributed by atoms with E-state index in [1.807, 2.05) is 0 Å². The molecular weight excluding hydrogens is 388 g/mol. The Kier molecular flexibility index (Phi) is 9.10. The third-order valence-corrected chi connectivity index (χ3v) is 6.18. The molecule has 0 bridgehead atoms. The highest BCUT2D eigenvalue weighted by atomic mass is 15.1. The van der Waals surface area contributed by atoms with Gasteiger partial charge in [-0.1, -0.05) is 81.5 Å². The van der Waals surface area contributed by atoms with E-state index in [9.17, 15) is 0 Å². The van der Waals surface area contributed by atoms with Crippen molar-refractivity contribution in [2.45, 2.75) is 45.4 Å². The van der Waals surface area contributed by atoms with Crippen molar-refractivity contribution >= 4 is 17.0 Å². The Morgan fingerprint density at radius 3 is 1.94 bits per heavy atom. The van der Waals surface area contributed by atoms with Gasteiger partial charge in [0.05, 0.1) is 0 Å². The molecule has 2 nitrogen and oxygen atoms in total. The number of unbranched alkanes of at least 4 members (excludes halogenated alkanes) is 5. The first-order valence-electron chi connectivity index (χ1n) is 12.1. The monoisotopic (exact) mass is 427 g/mol. The van der Waals surface area contributed by atoms with E-state index in [-0.39, 0.29) is 0 Å². The lowest BCUT2D eigenvalue weighted by Gasteiger charge is -2.20. The molecule has 0 heterocycles. The number of rotatable bonds is 10. The molecule has 168 valence electrons. The largest absolute Gasteiger partial charge is 0.375 e. The molecule has 3 rings (SSSR count). The Morgan fingerprint density at radius 2 is 1.31 bits per heavy atom. The first kappa shape index (κ1) is 23.8. The van der Waals surface area contributed by atoms with Crippen LogP contribution in [0, 0.1) is 0 Å². The van der Waals surface area contributed by atoms with Gasteiger partial charge in [-0.05, 0) is 53.0 Å². The highest BCUT2D eigenvalue weighted by Crippen LogP contribution is 2.30. The van der Waals surface area contributed by atoms with Gasteiger partial charge < -0.3 is 4.90 Å². The van der Waals surface area contributed by atoms with Crippen molar-refractivity contribution in [3.63, 3.8) is 0 Å². The van der Waals surface area contributed by atoms with E-state index < -0.39 is 0 Å². The second-order valence-corrected chi connectivity index (χ2v) is 8.92. The fraction of sp³-hybridized carbons (Fsp3) is 0.367. The Bertz CT molecular complexity index is 953. The van der Waals surface area contributed by atoms with Crippen molar-refractivity contribution in [3.05, 3.63) is 95.6 Å². The third-order valence-electron chi connectivity index (χ3n) is 6.18. The summed E-state index contributed by atoms with van der Waals surface area (Å²) in [5.74, 6) is 0. The van der Waals surface area contributed by atoms with Crippen molar-refractivity contribution < 1.29 is 4.58 Å². The normalized spacial score (nSPS) is 12.9. The molecule has 0 spiro atoms. The first-order valence-corrected chi connectivity index (χ1v) is 12.1. The summed E-state index contributed by atoms with van der Waals surface area (Å²) in [5, 5.41) is 0. The number of hydrogen-bond donors (Lipinski definition) is 0. The van der Waals surface area contributed by atoms with E-state index in [1.165, 1.54) is 72.2 Å². The van der Waals surface area contributed by atoms with E-state index in [0.29, 0.717) is 0 Å². The molecule has 0 amide bonds. The Morgan fingerprint density at radius 1 is 0.719 bits per heavy atom. The van der Waals surface area contributed by atoms with Crippen LogP contribution in [0.1, 0.15) is 56.6 Å². The number of nitrogens with zero attached hydrogens (tertiary/aromatic N) is 2. The van der Waals surface area contributed by atoms with E-state index in [1.54, 1.807) is 0 Å². The van der Waals surface area contributed by atoms with Gasteiger partial charge in [0.25, 0.3) is 0 Å². The molecule has 1 aliphatic rings. The zero-order chi connectivity index (χ0) is 22.8. The minimum absolute atomic E-state index is 1.12. The minimum atomic E-state index is 1.12. The van der Waals surface area contributed by atoms with Crippen LogP contribution in [0.5, 0.6) is 0 Å². The molecule has 0 N–H and O–H groups in total. The van der Waals surface area contributed by atoms with Crippen LogP contribution in [0.2, 0.25) is 0 Å². The second-order valence-electron chi connectivity index (χ2n) is 8.92. The fourth-order valence-corrected chi connectivity index (χ4v) is 4.17. The van der Waals surface area contributed by atoms with Gasteiger partial charge in [0.15, 0.2) is 5.71 Å². The number of benzene rings is 2. The van der Waals surface area contributed by atoms with Gasteiger partial charge in [0.2, 0.25) is 0 Å². The van der Waals surface area contributed by atoms with Gasteiger partial charge in [-0.2, -0.15) is 0 Å². The summed E-state index contributed by atoms with van der Waals surface area (Å²) in [6.07, 6.45) is 16.9. The van der Waals surface area contributed by atoms with Gasteiger partial charge in [0.1, 0.15) is 14.1 Å². The summed E-state index contributed by atoms with van der Waals surface area (Å²) >= 11 is 0. The van der Waals surface area contributed by atoms with Gasteiger partial charge in [-0.3, -0.25) is 0 Å². The van der Waals surface area contributed by atoms with Crippen molar-refractivity contribution in [1.29, 1.82) is 0 Å². The Balaban J connectivity index is 1.78. The first-order chi connectivity index (χ1) is 15.6. The average molecular weight is 428 g/mol. The second kappa shape index (κ2) is 12.2. The zero-order valence-corrected chi connectivity index (χ0v) is 20.3. The molecule has 0 atom stereocenters. The smallest absolute Gasteiger partial charge is 0.199 e. The van der Waals surface area contributed by atoms with Gasteiger partial charge in [-0.25, -0.2) is 4.58 Å². The van der Waals surface area contributed by atoms with Crippen molar-refractivity contribution in [2.24, 2.45) is 0 Å². The van der Waals surface area contributed by atoms with Gasteiger partial charge in [-0.15, -0.1) is 0 Å². The van der Waals surface area contributed by atoms with Crippen LogP contribution in [0.25, 0.3) is 5.57 Å². The third kappa shape index (κ3) is 6.56. The lowest BCUT2D eigenvalue weighted by Crippen LogP contribution is -2.18. The molecule has 2 heteroatoms. The van der Waals surface area contributed by atoms with Crippen LogP contribution in [0.15, 0.2) is 84.5 Å². The molecular formula is C30H39N2+. The topological polar surface area (TPSA) is 6.25 Å². The zero-order valence-electron chi connectivity index (χ0n) is 20.3. The highest BCUT2D eigenvalue weighted by Gasteiger charge is 2.13. The molecule has 1 aliphatic carbocycles.